The van der Waals surface area contributed by atoms with Crippen LogP contribution in [0.25, 0.3) is 0 Å². The summed E-state index contributed by atoms with van der Waals surface area (Å²) in [5.41, 5.74) is 2.35. The summed E-state index contributed by atoms with van der Waals surface area (Å²) in [5.74, 6) is 1.64. The van der Waals surface area contributed by atoms with Gasteiger partial charge in [0.15, 0.2) is 0 Å². The minimum absolute atomic E-state index is 0.0898. The van der Waals surface area contributed by atoms with Gasteiger partial charge in [-0.25, -0.2) is 0 Å². The summed E-state index contributed by atoms with van der Waals surface area (Å²) in [5, 5.41) is 5.48. The van der Waals surface area contributed by atoms with Crippen LogP contribution in [0.3, 0.4) is 0 Å². The Kier molecular flexibility index (Phi) is 5.07. The molecule has 0 radical (unpaired) electrons. The Hall–Kier alpha value is -1.04. The van der Waals surface area contributed by atoms with Crippen molar-refractivity contribution < 1.29 is 9.47 Å². The van der Waals surface area contributed by atoms with Crippen molar-refractivity contribution in [2.45, 2.75) is 13.0 Å². The van der Waals surface area contributed by atoms with Gasteiger partial charge in [-0.15, -0.1) is 11.3 Å². The van der Waals surface area contributed by atoms with E-state index in [-0.39, 0.29) is 6.04 Å². The smallest absolute Gasteiger partial charge is 0.133 e. The summed E-state index contributed by atoms with van der Waals surface area (Å²) < 4.78 is 11.8. The first kappa shape index (κ1) is 15.4. The fraction of sp³-hybridized carbons (Fsp3) is 0.333. The first-order valence-electron chi connectivity index (χ1n) is 6.25. The zero-order valence-electron chi connectivity index (χ0n) is 12.0. The van der Waals surface area contributed by atoms with E-state index in [2.05, 4.69) is 39.6 Å². The lowest BCUT2D eigenvalue weighted by molar-refractivity contribution is 0.393. The summed E-state index contributed by atoms with van der Waals surface area (Å²) >= 11 is 5.24. The van der Waals surface area contributed by atoms with Crippen molar-refractivity contribution in [1.82, 2.24) is 5.32 Å². The van der Waals surface area contributed by atoms with Gasteiger partial charge in [0, 0.05) is 10.4 Å². The van der Waals surface area contributed by atoms with Gasteiger partial charge >= 0.3 is 0 Å². The van der Waals surface area contributed by atoms with Gasteiger partial charge in [-0.05, 0) is 59.0 Å². The number of hydrogen-bond acceptors (Lipinski definition) is 4. The van der Waals surface area contributed by atoms with Gasteiger partial charge in [-0.2, -0.15) is 0 Å². The lowest BCUT2D eigenvalue weighted by Crippen LogP contribution is -2.18. The van der Waals surface area contributed by atoms with E-state index >= 15 is 0 Å². The molecule has 3 nitrogen and oxygen atoms in total. The monoisotopic (exact) mass is 355 g/mol. The van der Waals surface area contributed by atoms with Crippen LogP contribution in [0.1, 0.15) is 22.0 Å². The molecule has 5 heteroatoms. The predicted molar refractivity (Wildman–Crippen MR) is 87.2 cm³/mol. The summed E-state index contributed by atoms with van der Waals surface area (Å²) in [6.45, 7) is 2.12. The SMILES string of the molecule is CNC(c1cc(OC)c(Br)cc1OC)c1sccc1C. The second-order valence-corrected chi connectivity index (χ2v) is 6.22. The number of hydrogen-bond donors (Lipinski definition) is 1. The number of ether oxygens (including phenoxy) is 2. The van der Waals surface area contributed by atoms with Crippen LogP contribution in [0, 0.1) is 6.92 Å². The van der Waals surface area contributed by atoms with Crippen LogP contribution >= 0.6 is 27.3 Å². The molecule has 20 heavy (non-hydrogen) atoms. The first-order valence-corrected chi connectivity index (χ1v) is 7.92. The number of halogens is 1. The molecule has 108 valence electrons. The molecule has 0 aliphatic rings. The summed E-state index contributed by atoms with van der Waals surface area (Å²) in [6, 6.07) is 6.18. The van der Waals surface area contributed by atoms with Gasteiger partial charge in [-0.3, -0.25) is 0 Å². The molecule has 1 aromatic carbocycles. The molecule has 0 aliphatic carbocycles. The highest BCUT2D eigenvalue weighted by Gasteiger charge is 2.21. The fourth-order valence-corrected chi connectivity index (χ4v) is 3.76. The molecule has 0 saturated carbocycles. The highest BCUT2D eigenvalue weighted by Crippen LogP contribution is 2.39. The van der Waals surface area contributed by atoms with Gasteiger partial charge in [0.1, 0.15) is 11.5 Å². The van der Waals surface area contributed by atoms with Crippen LogP contribution in [0.5, 0.6) is 11.5 Å². The number of benzene rings is 1. The van der Waals surface area contributed by atoms with Gasteiger partial charge in [0.05, 0.1) is 24.7 Å². The Morgan fingerprint density at radius 2 is 1.90 bits per heavy atom. The average molecular weight is 356 g/mol. The van der Waals surface area contributed by atoms with Crippen LogP contribution in [0.2, 0.25) is 0 Å². The quantitative estimate of drug-likeness (QED) is 0.873. The number of nitrogens with one attached hydrogen (secondary N) is 1. The first-order chi connectivity index (χ1) is 9.62. The standard InChI is InChI=1S/C15H18BrNO2S/c1-9-5-6-20-15(9)14(17-2)10-7-13(19-4)11(16)8-12(10)18-3/h5-8,14,17H,1-4H3. The Morgan fingerprint density at radius 3 is 2.40 bits per heavy atom. The van der Waals surface area contributed by atoms with E-state index < -0.39 is 0 Å². The lowest BCUT2D eigenvalue weighted by Gasteiger charge is -2.20. The van der Waals surface area contributed by atoms with Gasteiger partial charge in [-0.1, -0.05) is 0 Å². The van der Waals surface area contributed by atoms with Crippen molar-refractivity contribution in [1.29, 1.82) is 0 Å². The molecule has 1 unspecified atom stereocenters. The lowest BCUT2D eigenvalue weighted by atomic mass is 10.0. The molecule has 1 aromatic heterocycles. The van der Waals surface area contributed by atoms with E-state index in [1.807, 2.05) is 19.2 Å². The van der Waals surface area contributed by atoms with E-state index in [1.54, 1.807) is 25.6 Å². The molecule has 2 rings (SSSR count). The Balaban J connectivity index is 2.56. The third-order valence-corrected chi connectivity index (χ3v) is 4.97. The molecule has 0 saturated heterocycles. The van der Waals surface area contributed by atoms with Crippen LogP contribution in [0.15, 0.2) is 28.1 Å². The maximum Gasteiger partial charge on any atom is 0.133 e. The number of rotatable bonds is 5. The van der Waals surface area contributed by atoms with E-state index in [4.69, 9.17) is 9.47 Å². The average Bonchev–Trinajstić information content (AvgIpc) is 2.87. The van der Waals surface area contributed by atoms with E-state index in [0.29, 0.717) is 0 Å². The molecule has 1 N–H and O–H groups in total. The summed E-state index contributed by atoms with van der Waals surface area (Å²) in [4.78, 5) is 1.29. The molecular weight excluding hydrogens is 338 g/mol. The van der Waals surface area contributed by atoms with Crippen molar-refractivity contribution in [2.24, 2.45) is 0 Å². The third-order valence-electron chi connectivity index (χ3n) is 3.27. The summed E-state index contributed by atoms with van der Waals surface area (Å²) in [7, 11) is 5.31. The van der Waals surface area contributed by atoms with Crippen molar-refractivity contribution in [3.63, 3.8) is 0 Å². The maximum absolute atomic E-state index is 5.53. The number of thiophene rings is 1. The molecule has 2 aromatic rings. The van der Waals surface area contributed by atoms with Crippen LogP contribution < -0.4 is 14.8 Å². The third kappa shape index (κ3) is 2.85. The molecular formula is C15H18BrNO2S. The van der Waals surface area contributed by atoms with E-state index in [1.165, 1.54) is 10.4 Å². The highest BCUT2D eigenvalue weighted by molar-refractivity contribution is 9.10. The molecule has 1 heterocycles. The number of aryl methyl sites for hydroxylation is 1. The zero-order chi connectivity index (χ0) is 14.7. The van der Waals surface area contributed by atoms with Crippen molar-refractivity contribution in [3.8, 4) is 11.5 Å². The highest BCUT2D eigenvalue weighted by atomic mass is 79.9. The second-order valence-electron chi connectivity index (χ2n) is 4.42. The van der Waals surface area contributed by atoms with Gasteiger partial charge < -0.3 is 14.8 Å². The maximum atomic E-state index is 5.53. The largest absolute Gasteiger partial charge is 0.496 e. The Morgan fingerprint density at radius 1 is 1.20 bits per heavy atom. The molecule has 0 spiro atoms. The fourth-order valence-electron chi connectivity index (χ4n) is 2.22. The van der Waals surface area contributed by atoms with Crippen LogP contribution in [0.4, 0.5) is 0 Å². The Labute approximate surface area is 132 Å². The minimum atomic E-state index is 0.0898. The zero-order valence-corrected chi connectivity index (χ0v) is 14.4. The topological polar surface area (TPSA) is 30.5 Å². The molecule has 0 amide bonds. The minimum Gasteiger partial charge on any atom is -0.496 e. The second kappa shape index (κ2) is 6.61. The predicted octanol–water partition coefficient (Wildman–Crippen LogP) is 4.15. The normalized spacial score (nSPS) is 12.2. The van der Waals surface area contributed by atoms with Crippen LogP contribution in [-0.4, -0.2) is 21.3 Å². The number of methoxy groups -OCH3 is 2. The molecule has 0 aliphatic heterocycles. The van der Waals surface area contributed by atoms with E-state index in [9.17, 15) is 0 Å². The summed E-state index contributed by atoms with van der Waals surface area (Å²) in [6.07, 6.45) is 0. The molecule has 1 atom stereocenters. The van der Waals surface area contributed by atoms with Gasteiger partial charge in [0.25, 0.3) is 0 Å². The van der Waals surface area contributed by atoms with Crippen molar-refractivity contribution >= 4 is 27.3 Å². The van der Waals surface area contributed by atoms with E-state index in [0.717, 1.165) is 21.5 Å². The van der Waals surface area contributed by atoms with Crippen molar-refractivity contribution in [3.05, 3.63) is 44.1 Å². The van der Waals surface area contributed by atoms with Crippen molar-refractivity contribution in [2.75, 3.05) is 21.3 Å². The van der Waals surface area contributed by atoms with Gasteiger partial charge in [0.2, 0.25) is 0 Å². The van der Waals surface area contributed by atoms with Crippen LogP contribution in [-0.2, 0) is 0 Å². The molecule has 0 bridgehead atoms. The Bertz CT molecular complexity index is 598. The molecule has 0 fully saturated rings.